The summed E-state index contributed by atoms with van der Waals surface area (Å²) in [6.07, 6.45) is 3.71. The smallest absolute Gasteiger partial charge is 0.314 e. The molecule has 2 aromatic rings. The molecule has 3 heterocycles. The van der Waals surface area contributed by atoms with Crippen LogP contribution in [0.3, 0.4) is 0 Å². The van der Waals surface area contributed by atoms with Gasteiger partial charge in [0.2, 0.25) is 5.91 Å². The van der Waals surface area contributed by atoms with Gasteiger partial charge in [-0.05, 0) is 44.9 Å². The van der Waals surface area contributed by atoms with E-state index in [1.165, 1.54) is 16.2 Å². The van der Waals surface area contributed by atoms with Crippen molar-refractivity contribution < 1.29 is 19.2 Å². The van der Waals surface area contributed by atoms with Crippen molar-refractivity contribution in [1.29, 1.82) is 0 Å². The fourth-order valence-corrected chi connectivity index (χ4v) is 5.78. The van der Waals surface area contributed by atoms with Crippen molar-refractivity contribution in [2.24, 2.45) is 5.92 Å². The summed E-state index contributed by atoms with van der Waals surface area (Å²) in [5, 5.41) is 8.61. The number of anilines is 1. The lowest BCUT2D eigenvalue weighted by Gasteiger charge is -2.37. The highest BCUT2D eigenvalue weighted by Gasteiger charge is 2.37. The highest BCUT2D eigenvalue weighted by molar-refractivity contribution is 7.13. The average Bonchev–Trinajstić information content (AvgIpc) is 3.29. The van der Waals surface area contributed by atoms with Crippen molar-refractivity contribution in [2.45, 2.75) is 51.2 Å². The Kier molecular flexibility index (Phi) is 8.18. The maximum atomic E-state index is 13.2. The second kappa shape index (κ2) is 11.3. The van der Waals surface area contributed by atoms with Crippen LogP contribution in [0.15, 0.2) is 18.3 Å². The molecule has 1 unspecified atom stereocenters. The van der Waals surface area contributed by atoms with Gasteiger partial charge in [0, 0.05) is 56.6 Å². The van der Waals surface area contributed by atoms with Crippen LogP contribution < -0.4 is 16.0 Å². The van der Waals surface area contributed by atoms with Gasteiger partial charge in [-0.3, -0.25) is 19.2 Å². The number of hydrogen-bond acceptors (Lipinski definition) is 8. The molecule has 11 nitrogen and oxygen atoms in total. The number of carbonyl (C=O) groups excluding carboxylic acids is 4. The van der Waals surface area contributed by atoms with Crippen molar-refractivity contribution in [3.8, 4) is 0 Å². The van der Waals surface area contributed by atoms with E-state index in [2.05, 4.69) is 30.8 Å². The molecule has 0 radical (unpaired) electrons. The van der Waals surface area contributed by atoms with Crippen LogP contribution in [0, 0.1) is 12.8 Å². The second-order valence-corrected chi connectivity index (χ2v) is 11.0. The molecule has 1 aliphatic heterocycles. The fourth-order valence-electron chi connectivity index (χ4n) is 4.69. The normalized spacial score (nSPS) is 21.5. The molecule has 3 atom stereocenters. The van der Waals surface area contributed by atoms with E-state index >= 15 is 0 Å². The standard InChI is InChI=1S/C25H33N7O4S/c1-14-5-8-20(26-12-14)30-22(34)21(33)27-16-7-6-15(25(36)31(2)3)11-18(16)28-23(35)24-29-17-9-10-32(4)13-19(17)37-24/h5,8,12,15-16,18H,6-7,9-11,13H2,1-4H3,(H,27,33)(H,28,35)(H,26,30,34)/t15-,16-,18?/m0/s1. The Labute approximate surface area is 220 Å². The zero-order chi connectivity index (χ0) is 26.7. The van der Waals surface area contributed by atoms with Crippen molar-refractivity contribution >= 4 is 40.8 Å². The molecule has 4 rings (SSSR count). The molecule has 4 amide bonds. The minimum Gasteiger partial charge on any atom is -0.349 e. The van der Waals surface area contributed by atoms with Gasteiger partial charge in [0.25, 0.3) is 5.91 Å². The van der Waals surface area contributed by atoms with E-state index in [0.717, 1.165) is 35.6 Å². The number of aromatic nitrogens is 2. The van der Waals surface area contributed by atoms with Crippen LogP contribution in [0.2, 0.25) is 0 Å². The fraction of sp³-hybridized carbons (Fsp3) is 0.520. The van der Waals surface area contributed by atoms with Crippen LogP contribution in [-0.2, 0) is 27.3 Å². The number of nitrogens with one attached hydrogen (secondary N) is 3. The van der Waals surface area contributed by atoms with Gasteiger partial charge in [0.15, 0.2) is 5.01 Å². The van der Waals surface area contributed by atoms with Gasteiger partial charge in [-0.25, -0.2) is 9.97 Å². The SMILES string of the molecule is Cc1ccc(NC(=O)C(=O)N[C@H]2CC[C@H](C(=O)N(C)C)CC2NC(=O)c2nc3c(s2)CN(C)CC3)nc1. The molecular formula is C25H33N7O4S. The zero-order valence-electron chi connectivity index (χ0n) is 21.5. The number of nitrogens with zero attached hydrogens (tertiary/aromatic N) is 4. The summed E-state index contributed by atoms with van der Waals surface area (Å²) >= 11 is 1.37. The van der Waals surface area contributed by atoms with E-state index in [1.807, 2.05) is 14.0 Å². The van der Waals surface area contributed by atoms with Gasteiger partial charge in [-0.1, -0.05) is 6.07 Å². The number of pyridine rings is 1. The Morgan fingerprint density at radius 2 is 1.86 bits per heavy atom. The first-order chi connectivity index (χ1) is 17.6. The number of amides is 4. The number of thiazole rings is 1. The summed E-state index contributed by atoms with van der Waals surface area (Å²) < 4.78 is 0. The van der Waals surface area contributed by atoms with E-state index in [0.29, 0.717) is 24.3 Å². The molecule has 2 aromatic heterocycles. The van der Waals surface area contributed by atoms with Crippen LogP contribution in [-0.4, -0.2) is 83.2 Å². The summed E-state index contributed by atoms with van der Waals surface area (Å²) in [6, 6.07) is 2.35. The molecule has 3 N–H and O–H groups in total. The largest absolute Gasteiger partial charge is 0.349 e. The summed E-state index contributed by atoms with van der Waals surface area (Å²) in [6.45, 7) is 3.52. The Hall–Kier alpha value is -3.38. The first-order valence-corrected chi connectivity index (χ1v) is 13.2. The van der Waals surface area contributed by atoms with Crippen LogP contribution in [0.5, 0.6) is 0 Å². The monoisotopic (exact) mass is 527 g/mol. The van der Waals surface area contributed by atoms with Crippen LogP contribution in [0.25, 0.3) is 0 Å². The topological polar surface area (TPSA) is 137 Å². The number of carbonyl (C=O) groups is 4. The molecule has 0 saturated heterocycles. The quantitative estimate of drug-likeness (QED) is 0.493. The van der Waals surface area contributed by atoms with E-state index in [9.17, 15) is 19.2 Å². The number of hydrogen-bond donors (Lipinski definition) is 3. The van der Waals surface area contributed by atoms with E-state index in [-0.39, 0.29) is 23.6 Å². The summed E-state index contributed by atoms with van der Waals surface area (Å²) in [7, 11) is 5.43. The minimum absolute atomic E-state index is 0.0278. The molecule has 0 bridgehead atoms. The van der Waals surface area contributed by atoms with Crippen LogP contribution >= 0.6 is 11.3 Å². The molecule has 12 heteroatoms. The molecule has 2 aliphatic rings. The average molecular weight is 528 g/mol. The highest BCUT2D eigenvalue weighted by atomic mass is 32.1. The Morgan fingerprint density at radius 3 is 2.57 bits per heavy atom. The van der Waals surface area contributed by atoms with E-state index < -0.39 is 23.9 Å². The number of likely N-dealkylation sites (N-methyl/N-ethyl adjacent to an activating group) is 1. The number of rotatable bonds is 5. The van der Waals surface area contributed by atoms with E-state index in [4.69, 9.17) is 0 Å². The summed E-state index contributed by atoms with van der Waals surface area (Å²) in [5.74, 6) is -2.05. The molecule has 0 spiro atoms. The second-order valence-electron chi connectivity index (χ2n) is 9.95. The summed E-state index contributed by atoms with van der Waals surface area (Å²) in [5.41, 5.74) is 1.88. The van der Waals surface area contributed by atoms with Gasteiger partial charge in [0.1, 0.15) is 5.82 Å². The van der Waals surface area contributed by atoms with Crippen molar-refractivity contribution in [1.82, 2.24) is 30.4 Å². The lowest BCUT2D eigenvalue weighted by atomic mass is 9.81. The van der Waals surface area contributed by atoms with Gasteiger partial charge in [0.05, 0.1) is 11.7 Å². The van der Waals surface area contributed by atoms with E-state index in [1.54, 1.807) is 32.4 Å². The van der Waals surface area contributed by atoms with Crippen LogP contribution in [0.1, 0.15) is 45.2 Å². The summed E-state index contributed by atoms with van der Waals surface area (Å²) in [4.78, 5) is 64.5. The van der Waals surface area contributed by atoms with Gasteiger partial charge in [-0.2, -0.15) is 0 Å². The van der Waals surface area contributed by atoms with Crippen molar-refractivity contribution in [3.63, 3.8) is 0 Å². The van der Waals surface area contributed by atoms with Crippen molar-refractivity contribution in [2.75, 3.05) is 33.0 Å². The third kappa shape index (κ3) is 6.50. The Balaban J connectivity index is 1.45. The molecule has 1 saturated carbocycles. The minimum atomic E-state index is -0.843. The molecule has 0 aromatic carbocycles. The zero-order valence-corrected chi connectivity index (χ0v) is 22.4. The third-order valence-corrected chi connectivity index (χ3v) is 7.83. The van der Waals surface area contributed by atoms with Gasteiger partial charge in [-0.15, -0.1) is 11.3 Å². The van der Waals surface area contributed by atoms with Crippen molar-refractivity contribution in [3.05, 3.63) is 39.5 Å². The lowest BCUT2D eigenvalue weighted by molar-refractivity contribution is -0.137. The predicted octanol–water partition coefficient (Wildman–Crippen LogP) is 0.945. The maximum Gasteiger partial charge on any atom is 0.314 e. The number of aryl methyl sites for hydroxylation is 1. The maximum absolute atomic E-state index is 13.2. The lowest BCUT2D eigenvalue weighted by Crippen LogP contribution is -2.57. The number of fused-ring (bicyclic) bond motifs is 1. The first-order valence-electron chi connectivity index (χ1n) is 12.3. The van der Waals surface area contributed by atoms with Crippen LogP contribution in [0.4, 0.5) is 5.82 Å². The molecule has 198 valence electrons. The molecule has 1 fully saturated rings. The van der Waals surface area contributed by atoms with Gasteiger partial charge >= 0.3 is 11.8 Å². The molecule has 1 aliphatic carbocycles. The van der Waals surface area contributed by atoms with Gasteiger partial charge < -0.3 is 25.8 Å². The Bertz CT molecular complexity index is 1180. The predicted molar refractivity (Wildman–Crippen MR) is 139 cm³/mol. The third-order valence-electron chi connectivity index (χ3n) is 6.75. The Morgan fingerprint density at radius 1 is 1.08 bits per heavy atom. The highest BCUT2D eigenvalue weighted by Crippen LogP contribution is 2.28. The molecular weight excluding hydrogens is 494 g/mol. The molecule has 37 heavy (non-hydrogen) atoms. The first kappa shape index (κ1) is 26.7.